The predicted molar refractivity (Wildman–Crippen MR) is 114 cm³/mol. The second-order valence-corrected chi connectivity index (χ2v) is 8.59. The van der Waals surface area contributed by atoms with E-state index in [4.69, 9.17) is 0 Å². The molecule has 2 aromatic rings. The first-order valence-electron chi connectivity index (χ1n) is 11.0. The van der Waals surface area contributed by atoms with Crippen LogP contribution >= 0.6 is 0 Å². The number of aliphatic hydroxyl groups is 1. The van der Waals surface area contributed by atoms with Crippen LogP contribution in [0.1, 0.15) is 67.0 Å². The molecular formula is C25H26N2O3. The lowest BCUT2D eigenvalue weighted by atomic mass is 9.89. The van der Waals surface area contributed by atoms with E-state index in [1.54, 1.807) is 11.1 Å². The van der Waals surface area contributed by atoms with Gasteiger partial charge in [0.05, 0.1) is 11.3 Å². The number of nitrogens with zero attached hydrogens (tertiary/aromatic N) is 2. The number of rotatable bonds is 3. The van der Waals surface area contributed by atoms with Crippen LogP contribution in [0, 0.1) is 0 Å². The fourth-order valence-electron chi connectivity index (χ4n) is 5.27. The highest BCUT2D eigenvalue weighted by molar-refractivity contribution is 6.46. The van der Waals surface area contributed by atoms with Gasteiger partial charge in [0.15, 0.2) is 0 Å². The highest BCUT2D eigenvalue weighted by Gasteiger charge is 2.49. The molecule has 1 unspecified atom stereocenters. The van der Waals surface area contributed by atoms with Gasteiger partial charge >= 0.3 is 0 Å². The van der Waals surface area contributed by atoms with Crippen molar-refractivity contribution in [1.29, 1.82) is 0 Å². The van der Waals surface area contributed by atoms with Gasteiger partial charge in [0.2, 0.25) is 0 Å². The van der Waals surface area contributed by atoms with Crippen LogP contribution in [0.5, 0.6) is 0 Å². The molecule has 1 aromatic heterocycles. The average molecular weight is 402 g/mol. The molecule has 5 heteroatoms. The third kappa shape index (κ3) is 3.13. The SMILES string of the molecule is O=C1C(=O)N(C2CCCC2)C(c2ccccn2)/C1=C(/O)c1ccc2c(c1)CCCC2. The van der Waals surface area contributed by atoms with E-state index in [0.717, 1.165) is 44.9 Å². The van der Waals surface area contributed by atoms with E-state index in [1.165, 1.54) is 17.5 Å². The zero-order valence-corrected chi connectivity index (χ0v) is 17.0. The molecule has 2 aliphatic carbocycles. The molecule has 0 bridgehead atoms. The molecule has 1 saturated heterocycles. The van der Waals surface area contributed by atoms with Gasteiger partial charge in [-0.05, 0) is 67.9 Å². The smallest absolute Gasteiger partial charge is 0.295 e. The fourth-order valence-corrected chi connectivity index (χ4v) is 5.27. The van der Waals surface area contributed by atoms with Crippen molar-refractivity contribution in [1.82, 2.24) is 9.88 Å². The van der Waals surface area contributed by atoms with Gasteiger partial charge in [0.1, 0.15) is 11.8 Å². The standard InChI is InChI=1S/C25H26N2O3/c28-23(18-13-12-16-7-1-2-8-17(16)15-18)21-22(20-11-5-6-14-26-20)27(25(30)24(21)29)19-9-3-4-10-19/h5-6,11-15,19,22,28H,1-4,7-10H2/b23-21-. The van der Waals surface area contributed by atoms with E-state index in [0.29, 0.717) is 11.3 Å². The number of fused-ring (bicyclic) bond motifs is 1. The van der Waals surface area contributed by atoms with Crippen molar-refractivity contribution in [3.05, 3.63) is 70.6 Å². The van der Waals surface area contributed by atoms with E-state index in [1.807, 2.05) is 36.4 Å². The van der Waals surface area contributed by atoms with Crippen molar-refractivity contribution < 1.29 is 14.7 Å². The number of aliphatic hydroxyl groups excluding tert-OH is 1. The lowest BCUT2D eigenvalue weighted by Crippen LogP contribution is -2.37. The monoisotopic (exact) mass is 402 g/mol. The van der Waals surface area contributed by atoms with Gasteiger partial charge in [-0.15, -0.1) is 0 Å². The van der Waals surface area contributed by atoms with Gasteiger partial charge < -0.3 is 10.0 Å². The van der Waals surface area contributed by atoms with E-state index in [-0.39, 0.29) is 17.4 Å². The molecular weight excluding hydrogens is 376 g/mol. The maximum atomic E-state index is 13.1. The van der Waals surface area contributed by atoms with Gasteiger partial charge in [-0.3, -0.25) is 14.6 Å². The number of benzene rings is 1. The summed E-state index contributed by atoms with van der Waals surface area (Å²) in [6.45, 7) is 0. The lowest BCUT2D eigenvalue weighted by molar-refractivity contribution is -0.141. The van der Waals surface area contributed by atoms with Crippen LogP contribution in [0.4, 0.5) is 0 Å². The van der Waals surface area contributed by atoms with Gasteiger partial charge in [0, 0.05) is 17.8 Å². The molecule has 5 rings (SSSR count). The average Bonchev–Trinajstić information content (AvgIpc) is 3.40. The molecule has 1 amide bonds. The Morgan fingerprint density at radius 3 is 2.47 bits per heavy atom. The van der Waals surface area contributed by atoms with Crippen molar-refractivity contribution in [2.75, 3.05) is 0 Å². The molecule has 1 atom stereocenters. The van der Waals surface area contributed by atoms with Crippen LogP contribution in [0.3, 0.4) is 0 Å². The molecule has 1 aliphatic heterocycles. The van der Waals surface area contributed by atoms with E-state index >= 15 is 0 Å². The van der Waals surface area contributed by atoms with Crippen molar-refractivity contribution >= 4 is 17.4 Å². The van der Waals surface area contributed by atoms with Crippen LogP contribution in [0.15, 0.2) is 48.2 Å². The summed E-state index contributed by atoms with van der Waals surface area (Å²) in [6, 6.07) is 10.8. The topological polar surface area (TPSA) is 70.5 Å². The number of carbonyl (C=O) groups is 2. The first-order valence-corrected chi connectivity index (χ1v) is 11.0. The molecule has 2 fully saturated rings. The summed E-state index contributed by atoms with van der Waals surface area (Å²) in [4.78, 5) is 32.3. The Bertz CT molecular complexity index is 1020. The molecule has 2 heterocycles. The third-order valence-corrected chi connectivity index (χ3v) is 6.79. The number of hydrogen-bond acceptors (Lipinski definition) is 4. The van der Waals surface area contributed by atoms with Crippen LogP contribution < -0.4 is 0 Å². The Hall–Kier alpha value is -2.95. The number of aromatic nitrogens is 1. The second-order valence-electron chi connectivity index (χ2n) is 8.59. The predicted octanol–water partition coefficient (Wildman–Crippen LogP) is 4.32. The highest BCUT2D eigenvalue weighted by atomic mass is 16.3. The molecule has 1 saturated carbocycles. The Morgan fingerprint density at radius 2 is 1.73 bits per heavy atom. The lowest BCUT2D eigenvalue weighted by Gasteiger charge is -2.30. The zero-order valence-electron chi connectivity index (χ0n) is 17.0. The second kappa shape index (κ2) is 7.71. The van der Waals surface area contributed by atoms with E-state index in [9.17, 15) is 14.7 Å². The number of amides is 1. The minimum Gasteiger partial charge on any atom is -0.507 e. The molecule has 0 spiro atoms. The first kappa shape index (κ1) is 19.0. The summed E-state index contributed by atoms with van der Waals surface area (Å²) in [6.07, 6.45) is 9.89. The number of ketones is 1. The molecule has 0 radical (unpaired) electrons. The fraction of sp³-hybridized carbons (Fsp3) is 0.400. The van der Waals surface area contributed by atoms with Gasteiger partial charge in [0.25, 0.3) is 11.7 Å². The molecule has 5 nitrogen and oxygen atoms in total. The largest absolute Gasteiger partial charge is 0.507 e. The number of Topliss-reactive ketones (excluding diaryl/α,β-unsaturated/α-hetero) is 1. The summed E-state index contributed by atoms with van der Waals surface area (Å²) in [5.41, 5.74) is 3.95. The molecule has 1 N–H and O–H groups in total. The maximum Gasteiger partial charge on any atom is 0.295 e. The minimum atomic E-state index is -0.634. The van der Waals surface area contributed by atoms with E-state index < -0.39 is 17.7 Å². The van der Waals surface area contributed by atoms with Crippen molar-refractivity contribution in [2.45, 2.75) is 63.5 Å². The van der Waals surface area contributed by atoms with E-state index in [2.05, 4.69) is 4.98 Å². The summed E-state index contributed by atoms with van der Waals surface area (Å²) in [5.74, 6) is -1.21. The number of hydrogen-bond donors (Lipinski definition) is 1. The quantitative estimate of drug-likeness (QED) is 0.471. The summed E-state index contributed by atoms with van der Waals surface area (Å²) in [7, 11) is 0. The van der Waals surface area contributed by atoms with Gasteiger partial charge in [-0.2, -0.15) is 0 Å². The highest BCUT2D eigenvalue weighted by Crippen LogP contribution is 2.43. The normalized spacial score (nSPS) is 23.7. The van der Waals surface area contributed by atoms with Crippen LogP contribution in [0.2, 0.25) is 0 Å². The first-order chi connectivity index (χ1) is 14.6. The molecule has 3 aliphatic rings. The number of carbonyl (C=O) groups excluding carboxylic acids is 2. The Kier molecular flexibility index (Phi) is 4.89. The van der Waals surface area contributed by atoms with Crippen LogP contribution in [-0.2, 0) is 22.4 Å². The summed E-state index contributed by atoms with van der Waals surface area (Å²) >= 11 is 0. The number of likely N-dealkylation sites (tertiary alicyclic amines) is 1. The van der Waals surface area contributed by atoms with Crippen molar-refractivity contribution in [2.24, 2.45) is 0 Å². The zero-order chi connectivity index (χ0) is 20.7. The molecule has 154 valence electrons. The number of aryl methyl sites for hydroxylation is 2. The van der Waals surface area contributed by atoms with Gasteiger partial charge in [-0.25, -0.2) is 0 Å². The maximum absolute atomic E-state index is 13.1. The summed E-state index contributed by atoms with van der Waals surface area (Å²) < 4.78 is 0. The van der Waals surface area contributed by atoms with Crippen LogP contribution in [-0.4, -0.2) is 32.7 Å². The third-order valence-electron chi connectivity index (χ3n) is 6.79. The molecule has 1 aromatic carbocycles. The van der Waals surface area contributed by atoms with Crippen LogP contribution in [0.25, 0.3) is 5.76 Å². The summed E-state index contributed by atoms with van der Waals surface area (Å²) in [5, 5.41) is 11.3. The minimum absolute atomic E-state index is 0.0160. The van der Waals surface area contributed by atoms with Crippen molar-refractivity contribution in [3.63, 3.8) is 0 Å². The van der Waals surface area contributed by atoms with Crippen molar-refractivity contribution in [3.8, 4) is 0 Å². The molecule has 30 heavy (non-hydrogen) atoms. The number of pyridine rings is 1. The Labute approximate surface area is 176 Å². The Balaban J connectivity index is 1.64. The van der Waals surface area contributed by atoms with Gasteiger partial charge in [-0.1, -0.05) is 31.0 Å². The Morgan fingerprint density at radius 1 is 0.967 bits per heavy atom.